The zero-order valence-corrected chi connectivity index (χ0v) is 17.6. The van der Waals surface area contributed by atoms with Crippen LogP contribution in [0.3, 0.4) is 0 Å². The lowest BCUT2D eigenvalue weighted by molar-refractivity contribution is -0.120. The molecule has 2 aromatic carbocycles. The van der Waals surface area contributed by atoms with Crippen LogP contribution in [-0.4, -0.2) is 23.6 Å². The van der Waals surface area contributed by atoms with Gasteiger partial charge in [-0.2, -0.15) is 0 Å². The van der Waals surface area contributed by atoms with E-state index in [9.17, 15) is 4.79 Å². The molecule has 1 unspecified atom stereocenters. The van der Waals surface area contributed by atoms with Crippen LogP contribution >= 0.6 is 11.8 Å². The Balaban J connectivity index is 1.32. The Hall–Kier alpha value is -2.53. The Morgan fingerprint density at radius 2 is 1.93 bits per heavy atom. The summed E-state index contributed by atoms with van der Waals surface area (Å²) in [6, 6.07) is 16.1. The number of benzene rings is 2. The van der Waals surface area contributed by atoms with E-state index in [1.807, 2.05) is 31.2 Å². The van der Waals surface area contributed by atoms with Gasteiger partial charge in [-0.15, -0.1) is 11.8 Å². The topological polar surface area (TPSA) is 52.3 Å². The summed E-state index contributed by atoms with van der Waals surface area (Å²) >= 11 is 1.63. The number of oxazole rings is 1. The van der Waals surface area contributed by atoms with Gasteiger partial charge in [0, 0.05) is 17.2 Å². The molecule has 0 saturated carbocycles. The molecule has 0 spiro atoms. The first kappa shape index (κ1) is 19.8. The molecule has 1 aliphatic rings. The Bertz CT molecular complexity index is 994. The van der Waals surface area contributed by atoms with Gasteiger partial charge in [-0.25, -0.2) is 4.98 Å². The summed E-state index contributed by atoms with van der Waals surface area (Å²) in [4.78, 5) is 17.3. The van der Waals surface area contributed by atoms with Crippen molar-refractivity contribution in [1.29, 1.82) is 0 Å². The molecule has 1 atom stereocenters. The molecule has 0 aliphatic heterocycles. The molecule has 0 fully saturated rings. The first-order valence-corrected chi connectivity index (χ1v) is 11.1. The van der Waals surface area contributed by atoms with Crippen LogP contribution in [0.15, 0.2) is 52.9 Å². The number of carbonyl (C=O) groups excluding carboxylic acids is 1. The third-order valence-electron chi connectivity index (χ3n) is 5.51. The second-order valence-electron chi connectivity index (χ2n) is 7.42. The van der Waals surface area contributed by atoms with E-state index in [0.717, 1.165) is 42.0 Å². The third-order valence-corrected chi connectivity index (χ3v) is 6.48. The molecule has 1 aliphatic carbocycles. The summed E-state index contributed by atoms with van der Waals surface area (Å²) in [7, 11) is 1.65. The van der Waals surface area contributed by atoms with Gasteiger partial charge in [0.05, 0.1) is 18.6 Å². The maximum Gasteiger partial charge on any atom is 0.226 e. The Labute approximate surface area is 175 Å². The average molecular weight is 408 g/mol. The van der Waals surface area contributed by atoms with Gasteiger partial charge in [-0.3, -0.25) is 4.79 Å². The highest BCUT2D eigenvalue weighted by Gasteiger charge is 2.24. The molecule has 4 nitrogen and oxygen atoms in total. The molecule has 0 amide bonds. The molecule has 5 heteroatoms. The molecule has 29 heavy (non-hydrogen) atoms. The number of hydrogen-bond acceptors (Lipinski definition) is 5. The van der Waals surface area contributed by atoms with E-state index in [4.69, 9.17) is 9.15 Å². The molecule has 4 rings (SSSR count). The van der Waals surface area contributed by atoms with Crippen molar-refractivity contribution in [3.05, 3.63) is 71.1 Å². The van der Waals surface area contributed by atoms with Gasteiger partial charge in [0.1, 0.15) is 17.3 Å². The summed E-state index contributed by atoms with van der Waals surface area (Å²) in [5.41, 5.74) is 4.55. The van der Waals surface area contributed by atoms with Crippen LogP contribution in [0.2, 0.25) is 0 Å². The molecule has 1 aromatic heterocycles. The molecule has 0 N–H and O–H groups in total. The van der Waals surface area contributed by atoms with E-state index >= 15 is 0 Å². The van der Waals surface area contributed by atoms with Gasteiger partial charge < -0.3 is 9.15 Å². The van der Waals surface area contributed by atoms with E-state index < -0.39 is 0 Å². The normalized spacial score (nSPS) is 15.7. The number of rotatable bonds is 7. The van der Waals surface area contributed by atoms with Crippen molar-refractivity contribution >= 4 is 17.5 Å². The largest absolute Gasteiger partial charge is 0.497 e. The highest BCUT2D eigenvalue weighted by atomic mass is 32.2. The highest BCUT2D eigenvalue weighted by molar-refractivity contribution is 7.99. The fourth-order valence-corrected chi connectivity index (χ4v) is 4.76. The Kier molecular flexibility index (Phi) is 6.05. The second kappa shape index (κ2) is 8.87. The van der Waals surface area contributed by atoms with Crippen LogP contribution in [0.1, 0.15) is 29.0 Å². The quantitative estimate of drug-likeness (QED) is 0.534. The van der Waals surface area contributed by atoms with Gasteiger partial charge in [0.15, 0.2) is 0 Å². The molecule has 1 heterocycles. The SMILES string of the molecule is COc1ccc(-c2nc(CSCC(=O)C3CCc4ccccc4C3)c(C)o2)cc1. The fraction of sp³-hybridized carbons (Fsp3) is 0.333. The van der Waals surface area contributed by atoms with Crippen molar-refractivity contribution in [2.24, 2.45) is 5.92 Å². The molecular weight excluding hydrogens is 382 g/mol. The first-order valence-electron chi connectivity index (χ1n) is 9.92. The Morgan fingerprint density at radius 3 is 2.69 bits per heavy atom. The minimum atomic E-state index is 0.144. The number of Topliss-reactive ketones (excluding diaryl/α,β-unsaturated/α-hetero) is 1. The number of ketones is 1. The predicted molar refractivity (Wildman–Crippen MR) is 116 cm³/mol. The number of thioether (sulfide) groups is 1. The predicted octanol–water partition coefficient (Wildman–Crippen LogP) is 5.27. The van der Waals surface area contributed by atoms with Crippen molar-refractivity contribution in [2.45, 2.75) is 31.9 Å². The number of ether oxygens (including phenoxy) is 1. The summed E-state index contributed by atoms with van der Waals surface area (Å²) in [5.74, 6) is 3.92. The minimum absolute atomic E-state index is 0.144. The maximum absolute atomic E-state index is 12.7. The first-order chi connectivity index (χ1) is 14.1. The standard InChI is InChI=1S/C24H25NO3S/c1-16-22(25-24(28-16)18-9-11-21(27-2)12-10-18)14-29-15-23(26)20-8-7-17-5-3-4-6-19(17)13-20/h3-6,9-12,20H,7-8,13-15H2,1-2H3. The van der Waals surface area contributed by atoms with Crippen molar-refractivity contribution < 1.29 is 13.9 Å². The van der Waals surface area contributed by atoms with E-state index in [1.54, 1.807) is 18.9 Å². The van der Waals surface area contributed by atoms with Crippen LogP contribution in [0, 0.1) is 12.8 Å². The van der Waals surface area contributed by atoms with Crippen LogP contribution in [0.25, 0.3) is 11.5 Å². The van der Waals surface area contributed by atoms with Gasteiger partial charge in [0.2, 0.25) is 5.89 Å². The lowest BCUT2D eigenvalue weighted by atomic mass is 9.82. The number of aryl methyl sites for hydroxylation is 2. The zero-order chi connectivity index (χ0) is 20.2. The van der Waals surface area contributed by atoms with Crippen LogP contribution < -0.4 is 4.74 Å². The van der Waals surface area contributed by atoms with Crippen molar-refractivity contribution in [3.8, 4) is 17.2 Å². The zero-order valence-electron chi connectivity index (χ0n) is 16.8. The fourth-order valence-electron chi connectivity index (χ4n) is 3.76. The number of nitrogens with zero attached hydrogens (tertiary/aromatic N) is 1. The van der Waals surface area contributed by atoms with Crippen molar-refractivity contribution in [1.82, 2.24) is 4.98 Å². The van der Waals surface area contributed by atoms with E-state index in [-0.39, 0.29) is 5.92 Å². The smallest absolute Gasteiger partial charge is 0.226 e. The van der Waals surface area contributed by atoms with Crippen molar-refractivity contribution in [2.75, 3.05) is 12.9 Å². The summed E-state index contributed by atoms with van der Waals surface area (Å²) in [5, 5.41) is 0. The molecule has 0 saturated heterocycles. The van der Waals surface area contributed by atoms with Crippen molar-refractivity contribution in [3.63, 3.8) is 0 Å². The lowest BCUT2D eigenvalue weighted by Gasteiger charge is -2.23. The summed E-state index contributed by atoms with van der Waals surface area (Å²) in [6.07, 6.45) is 2.84. The molecule has 0 bridgehead atoms. The molecule has 0 radical (unpaired) electrons. The molecule has 150 valence electrons. The van der Waals surface area contributed by atoms with Crippen LogP contribution in [0.5, 0.6) is 5.75 Å². The number of methoxy groups -OCH3 is 1. The van der Waals surface area contributed by atoms with Gasteiger partial charge >= 0.3 is 0 Å². The summed E-state index contributed by atoms with van der Waals surface area (Å²) < 4.78 is 11.0. The van der Waals surface area contributed by atoms with Crippen LogP contribution in [-0.2, 0) is 23.4 Å². The van der Waals surface area contributed by atoms with Gasteiger partial charge in [0.25, 0.3) is 0 Å². The lowest BCUT2D eigenvalue weighted by Crippen LogP contribution is -2.24. The van der Waals surface area contributed by atoms with Crippen LogP contribution in [0.4, 0.5) is 0 Å². The summed E-state index contributed by atoms with van der Waals surface area (Å²) in [6.45, 7) is 1.93. The molecule has 3 aromatic rings. The van der Waals surface area contributed by atoms with Gasteiger partial charge in [-0.05, 0) is 61.6 Å². The second-order valence-corrected chi connectivity index (χ2v) is 8.40. The minimum Gasteiger partial charge on any atom is -0.497 e. The van der Waals surface area contributed by atoms with E-state index in [2.05, 4.69) is 29.2 Å². The number of carbonyl (C=O) groups is 1. The number of aromatic nitrogens is 1. The van der Waals surface area contributed by atoms with E-state index in [0.29, 0.717) is 23.2 Å². The maximum atomic E-state index is 12.7. The third kappa shape index (κ3) is 4.56. The number of fused-ring (bicyclic) bond motifs is 1. The number of hydrogen-bond donors (Lipinski definition) is 0. The van der Waals surface area contributed by atoms with E-state index in [1.165, 1.54) is 11.1 Å². The van der Waals surface area contributed by atoms with Gasteiger partial charge in [-0.1, -0.05) is 24.3 Å². The average Bonchev–Trinajstić information content (AvgIpc) is 3.14. The monoisotopic (exact) mass is 407 g/mol. The molecular formula is C24H25NO3S. The highest BCUT2D eigenvalue weighted by Crippen LogP contribution is 2.29. The Morgan fingerprint density at radius 1 is 1.17 bits per heavy atom.